The van der Waals surface area contributed by atoms with Crippen LogP contribution in [0.2, 0.25) is 0 Å². The highest BCUT2D eigenvalue weighted by atomic mass is 19.1. The maximum atomic E-state index is 13.2. The lowest BCUT2D eigenvalue weighted by molar-refractivity contribution is 0.0957. The summed E-state index contributed by atoms with van der Waals surface area (Å²) in [4.78, 5) is 12.6. The second-order valence-corrected chi connectivity index (χ2v) is 6.86. The Morgan fingerprint density at radius 3 is 2.52 bits per heavy atom. The van der Waals surface area contributed by atoms with E-state index < -0.39 is 0 Å². The molecule has 29 heavy (non-hydrogen) atoms. The number of hydrogen-bond acceptors (Lipinski definition) is 2. The van der Waals surface area contributed by atoms with Crippen LogP contribution >= 0.6 is 0 Å². The Labute approximate surface area is 168 Å². The molecule has 0 atom stereocenters. The number of rotatable bonds is 4. The first-order valence-electron chi connectivity index (χ1n) is 9.30. The molecule has 1 N–H and O–H groups in total. The zero-order chi connectivity index (χ0) is 20.4. The van der Waals surface area contributed by atoms with Gasteiger partial charge in [0.15, 0.2) is 0 Å². The number of nitrogens with one attached hydrogen (secondary N) is 1. The third-order valence-electron chi connectivity index (χ3n) is 4.96. The fraction of sp³-hybridized carbons (Fsp3) is 0.0833. The molecule has 4 nitrogen and oxygen atoms in total. The number of halogens is 1. The summed E-state index contributed by atoms with van der Waals surface area (Å²) in [6.07, 6.45) is 1.63. The SMILES string of the molecule is Cc1cc(/C=N\NC(=O)c2cccc3ccccc23)c(C)n1-c1ccc(F)cc1. The molecule has 4 rings (SSSR count). The molecule has 3 aromatic carbocycles. The van der Waals surface area contributed by atoms with Crippen molar-refractivity contribution in [2.75, 3.05) is 0 Å². The van der Waals surface area contributed by atoms with Gasteiger partial charge in [-0.3, -0.25) is 4.79 Å². The van der Waals surface area contributed by atoms with Crippen LogP contribution in [-0.2, 0) is 0 Å². The number of carbonyl (C=O) groups is 1. The van der Waals surface area contributed by atoms with E-state index in [2.05, 4.69) is 10.5 Å². The summed E-state index contributed by atoms with van der Waals surface area (Å²) < 4.78 is 15.2. The van der Waals surface area contributed by atoms with Crippen LogP contribution in [0.5, 0.6) is 0 Å². The number of benzene rings is 3. The molecule has 1 amide bonds. The summed E-state index contributed by atoms with van der Waals surface area (Å²) in [5, 5.41) is 6.04. The average Bonchev–Trinajstić information content (AvgIpc) is 3.01. The molecule has 5 heteroatoms. The Balaban J connectivity index is 1.56. The van der Waals surface area contributed by atoms with Gasteiger partial charge in [0, 0.05) is 28.2 Å². The van der Waals surface area contributed by atoms with Gasteiger partial charge in [0.25, 0.3) is 5.91 Å². The van der Waals surface area contributed by atoms with Crippen molar-refractivity contribution in [3.8, 4) is 5.69 Å². The van der Waals surface area contributed by atoms with Crippen molar-refractivity contribution >= 4 is 22.9 Å². The molecule has 0 saturated carbocycles. The molecule has 1 heterocycles. The number of carbonyl (C=O) groups excluding carboxylic acids is 1. The third-order valence-corrected chi connectivity index (χ3v) is 4.96. The van der Waals surface area contributed by atoms with E-state index in [9.17, 15) is 9.18 Å². The summed E-state index contributed by atoms with van der Waals surface area (Å²) in [6, 6.07) is 21.7. The Kier molecular flexibility index (Phi) is 4.96. The molecular weight excluding hydrogens is 365 g/mol. The van der Waals surface area contributed by atoms with Crippen molar-refractivity contribution in [3.63, 3.8) is 0 Å². The molecule has 0 aliphatic carbocycles. The maximum absolute atomic E-state index is 13.2. The van der Waals surface area contributed by atoms with Crippen LogP contribution in [0.3, 0.4) is 0 Å². The molecular formula is C24H20FN3O. The minimum atomic E-state index is -0.269. The predicted octanol–water partition coefficient (Wildman–Crippen LogP) is 5.15. The number of aromatic nitrogens is 1. The van der Waals surface area contributed by atoms with Gasteiger partial charge in [-0.2, -0.15) is 5.10 Å². The second kappa shape index (κ2) is 7.72. The molecule has 0 spiro atoms. The van der Waals surface area contributed by atoms with Crippen LogP contribution in [0, 0.1) is 19.7 Å². The van der Waals surface area contributed by atoms with Gasteiger partial charge in [-0.05, 0) is 61.0 Å². The van der Waals surface area contributed by atoms with Gasteiger partial charge in [0.2, 0.25) is 0 Å². The molecule has 0 bridgehead atoms. The zero-order valence-corrected chi connectivity index (χ0v) is 16.2. The van der Waals surface area contributed by atoms with Crippen molar-refractivity contribution in [2.24, 2.45) is 5.10 Å². The Morgan fingerprint density at radius 2 is 1.72 bits per heavy atom. The van der Waals surface area contributed by atoms with Crippen LogP contribution in [-0.4, -0.2) is 16.7 Å². The third kappa shape index (κ3) is 3.67. The highest BCUT2D eigenvalue weighted by Gasteiger charge is 2.11. The van der Waals surface area contributed by atoms with E-state index in [0.717, 1.165) is 33.4 Å². The van der Waals surface area contributed by atoms with Gasteiger partial charge in [0.05, 0.1) is 6.21 Å². The monoisotopic (exact) mass is 385 g/mol. The average molecular weight is 385 g/mol. The standard InChI is InChI=1S/C24H20FN3O/c1-16-14-19(17(2)28(16)21-12-10-20(25)11-13-21)15-26-27-24(29)23-9-5-7-18-6-3-4-8-22(18)23/h3-15H,1-2H3,(H,27,29)/b26-15-. The number of hydrogen-bond donors (Lipinski definition) is 1. The predicted molar refractivity (Wildman–Crippen MR) is 114 cm³/mol. The number of amides is 1. The summed E-state index contributed by atoms with van der Waals surface area (Å²) in [5.74, 6) is -0.528. The van der Waals surface area contributed by atoms with Crippen LogP contribution in [0.25, 0.3) is 16.5 Å². The minimum Gasteiger partial charge on any atom is -0.318 e. The van der Waals surface area contributed by atoms with E-state index in [0.29, 0.717) is 5.56 Å². The lowest BCUT2D eigenvalue weighted by atomic mass is 10.0. The molecule has 0 radical (unpaired) electrons. The van der Waals surface area contributed by atoms with E-state index in [-0.39, 0.29) is 11.7 Å². The first-order valence-corrected chi connectivity index (χ1v) is 9.30. The second-order valence-electron chi connectivity index (χ2n) is 6.86. The van der Waals surface area contributed by atoms with E-state index in [1.165, 1.54) is 12.1 Å². The molecule has 0 fully saturated rings. The largest absolute Gasteiger partial charge is 0.318 e. The molecule has 0 unspecified atom stereocenters. The van der Waals surface area contributed by atoms with Gasteiger partial charge in [-0.25, -0.2) is 9.82 Å². The lowest BCUT2D eigenvalue weighted by Gasteiger charge is -2.09. The fourth-order valence-corrected chi connectivity index (χ4v) is 3.55. The van der Waals surface area contributed by atoms with Gasteiger partial charge in [0.1, 0.15) is 5.82 Å². The number of fused-ring (bicyclic) bond motifs is 1. The fourth-order valence-electron chi connectivity index (χ4n) is 3.55. The van der Waals surface area contributed by atoms with Crippen LogP contribution in [0.15, 0.2) is 77.9 Å². The minimum absolute atomic E-state index is 0.259. The molecule has 0 saturated heterocycles. The van der Waals surface area contributed by atoms with Crippen molar-refractivity contribution in [1.29, 1.82) is 0 Å². The Morgan fingerprint density at radius 1 is 1.00 bits per heavy atom. The van der Waals surface area contributed by atoms with Crippen molar-refractivity contribution in [3.05, 3.63) is 101 Å². The molecule has 0 aliphatic heterocycles. The lowest BCUT2D eigenvalue weighted by Crippen LogP contribution is -2.18. The number of nitrogens with zero attached hydrogens (tertiary/aromatic N) is 2. The maximum Gasteiger partial charge on any atom is 0.271 e. The molecule has 4 aromatic rings. The van der Waals surface area contributed by atoms with Crippen molar-refractivity contribution in [2.45, 2.75) is 13.8 Å². The Hall–Kier alpha value is -3.73. The topological polar surface area (TPSA) is 46.4 Å². The number of hydrazone groups is 1. The van der Waals surface area contributed by atoms with Crippen LogP contribution in [0.4, 0.5) is 4.39 Å². The summed E-state index contributed by atoms with van der Waals surface area (Å²) >= 11 is 0. The quantitative estimate of drug-likeness (QED) is 0.383. The summed E-state index contributed by atoms with van der Waals surface area (Å²) in [7, 11) is 0. The highest BCUT2D eigenvalue weighted by Crippen LogP contribution is 2.20. The van der Waals surface area contributed by atoms with Crippen molar-refractivity contribution < 1.29 is 9.18 Å². The van der Waals surface area contributed by atoms with Crippen molar-refractivity contribution in [1.82, 2.24) is 9.99 Å². The van der Waals surface area contributed by atoms with E-state index in [4.69, 9.17) is 0 Å². The highest BCUT2D eigenvalue weighted by molar-refractivity contribution is 6.07. The summed E-state index contributed by atoms with van der Waals surface area (Å²) in [6.45, 7) is 3.94. The first-order chi connectivity index (χ1) is 14.0. The normalized spacial score (nSPS) is 11.3. The molecule has 1 aromatic heterocycles. The van der Waals surface area contributed by atoms with Crippen LogP contribution < -0.4 is 5.43 Å². The Bertz CT molecular complexity index is 1220. The van der Waals surface area contributed by atoms with E-state index >= 15 is 0 Å². The van der Waals surface area contributed by atoms with Gasteiger partial charge in [-0.15, -0.1) is 0 Å². The van der Waals surface area contributed by atoms with E-state index in [1.807, 2.05) is 60.9 Å². The van der Waals surface area contributed by atoms with Crippen LogP contribution in [0.1, 0.15) is 27.3 Å². The molecule has 144 valence electrons. The summed E-state index contributed by atoms with van der Waals surface area (Å²) in [5.41, 5.74) is 6.90. The van der Waals surface area contributed by atoms with Gasteiger partial charge >= 0.3 is 0 Å². The van der Waals surface area contributed by atoms with Gasteiger partial charge < -0.3 is 4.57 Å². The first kappa shape index (κ1) is 18.6. The van der Waals surface area contributed by atoms with Gasteiger partial charge in [-0.1, -0.05) is 36.4 Å². The zero-order valence-electron chi connectivity index (χ0n) is 16.2. The smallest absolute Gasteiger partial charge is 0.271 e. The van der Waals surface area contributed by atoms with E-state index in [1.54, 1.807) is 24.4 Å². The molecule has 0 aliphatic rings. The number of aryl methyl sites for hydroxylation is 1.